The summed E-state index contributed by atoms with van der Waals surface area (Å²) in [4.78, 5) is 19.1. The molecular formula is C24H20FN3O3. The number of benzene rings is 3. The molecule has 2 heterocycles. The summed E-state index contributed by atoms with van der Waals surface area (Å²) in [6.45, 7) is 1.14. The average Bonchev–Trinajstić information content (AvgIpc) is 3.33. The monoisotopic (exact) mass is 417 g/mol. The number of phenolic OH excluding ortho intramolecular Hbond substituents is 1. The van der Waals surface area contributed by atoms with Crippen LogP contribution in [0.25, 0.3) is 11.0 Å². The standard InChI is InChI=1S/C24H20FN3O3/c1-31-23-18-13-27(11-16-7-9-17(25)10-8-16)24(30)19(18)22(29)20-21(23)28(14-26-20)12-15-5-3-2-4-6-15/h2-10,14,29H,11-13H2,1H3. The number of imidazole rings is 1. The molecule has 7 heteroatoms. The first-order valence-corrected chi connectivity index (χ1v) is 9.91. The Morgan fingerprint density at radius 1 is 1.06 bits per heavy atom. The first kappa shape index (κ1) is 19.1. The minimum atomic E-state index is -0.327. The molecule has 5 rings (SSSR count). The Morgan fingerprint density at radius 3 is 2.48 bits per heavy atom. The normalized spacial score (nSPS) is 13.1. The smallest absolute Gasteiger partial charge is 0.258 e. The second-order valence-electron chi connectivity index (χ2n) is 7.58. The maximum atomic E-state index is 13.2. The lowest BCUT2D eigenvalue weighted by molar-refractivity contribution is 0.0764. The van der Waals surface area contributed by atoms with Gasteiger partial charge in [-0.1, -0.05) is 42.5 Å². The highest BCUT2D eigenvalue weighted by molar-refractivity contribution is 6.08. The molecule has 1 N–H and O–H groups in total. The maximum Gasteiger partial charge on any atom is 0.258 e. The number of hydrogen-bond donors (Lipinski definition) is 1. The number of phenols is 1. The van der Waals surface area contributed by atoms with Gasteiger partial charge in [0, 0.05) is 18.7 Å². The van der Waals surface area contributed by atoms with Crippen LogP contribution in [0.3, 0.4) is 0 Å². The highest BCUT2D eigenvalue weighted by atomic mass is 19.1. The van der Waals surface area contributed by atoms with Gasteiger partial charge in [-0.15, -0.1) is 0 Å². The molecule has 0 radical (unpaired) electrons. The van der Waals surface area contributed by atoms with E-state index in [1.807, 2.05) is 34.9 Å². The molecule has 156 valence electrons. The van der Waals surface area contributed by atoms with E-state index in [2.05, 4.69) is 4.98 Å². The van der Waals surface area contributed by atoms with E-state index in [0.717, 1.165) is 11.1 Å². The number of rotatable bonds is 5. The van der Waals surface area contributed by atoms with Crippen LogP contribution >= 0.6 is 0 Å². The molecule has 1 aliphatic rings. The molecule has 1 aromatic heterocycles. The van der Waals surface area contributed by atoms with Crippen LogP contribution in [0.4, 0.5) is 4.39 Å². The van der Waals surface area contributed by atoms with Gasteiger partial charge < -0.3 is 19.3 Å². The molecule has 4 aromatic rings. The van der Waals surface area contributed by atoms with Crippen molar-refractivity contribution in [3.8, 4) is 11.5 Å². The minimum absolute atomic E-state index is 0.135. The lowest BCUT2D eigenvalue weighted by atomic mass is 10.1. The highest BCUT2D eigenvalue weighted by Gasteiger charge is 2.36. The Hall–Kier alpha value is -3.87. The zero-order valence-electron chi connectivity index (χ0n) is 16.9. The molecule has 0 atom stereocenters. The summed E-state index contributed by atoms with van der Waals surface area (Å²) >= 11 is 0. The lowest BCUT2D eigenvalue weighted by Crippen LogP contribution is -2.23. The number of hydrogen-bond acceptors (Lipinski definition) is 4. The van der Waals surface area contributed by atoms with Crippen molar-refractivity contribution >= 4 is 16.9 Å². The Labute approximate surface area is 178 Å². The number of nitrogens with zero attached hydrogens (tertiary/aromatic N) is 3. The molecule has 0 bridgehead atoms. The third kappa shape index (κ3) is 3.18. The lowest BCUT2D eigenvalue weighted by Gasteiger charge is -2.16. The minimum Gasteiger partial charge on any atom is -0.505 e. The summed E-state index contributed by atoms with van der Waals surface area (Å²) in [5, 5.41) is 10.9. The number of fused-ring (bicyclic) bond motifs is 2. The summed E-state index contributed by atoms with van der Waals surface area (Å²) in [6.07, 6.45) is 1.65. The van der Waals surface area contributed by atoms with Gasteiger partial charge in [0.25, 0.3) is 5.91 Å². The summed E-state index contributed by atoms with van der Waals surface area (Å²) in [6, 6.07) is 15.9. The first-order valence-electron chi connectivity index (χ1n) is 9.91. The Bertz CT molecular complexity index is 1280. The number of aromatic hydroxyl groups is 1. The van der Waals surface area contributed by atoms with E-state index in [0.29, 0.717) is 35.4 Å². The number of carbonyl (C=O) groups excluding carboxylic acids is 1. The Morgan fingerprint density at radius 2 is 1.77 bits per heavy atom. The van der Waals surface area contributed by atoms with Crippen molar-refractivity contribution in [1.82, 2.24) is 14.5 Å². The van der Waals surface area contributed by atoms with Crippen LogP contribution in [-0.2, 0) is 19.6 Å². The quantitative estimate of drug-likeness (QED) is 0.531. The van der Waals surface area contributed by atoms with Crippen LogP contribution in [0, 0.1) is 5.82 Å². The molecule has 0 saturated carbocycles. The first-order chi connectivity index (χ1) is 15.1. The van der Waals surface area contributed by atoms with Crippen molar-refractivity contribution in [1.29, 1.82) is 0 Å². The second kappa shape index (κ2) is 7.43. The molecule has 1 aliphatic heterocycles. The van der Waals surface area contributed by atoms with Crippen LogP contribution in [-0.4, -0.2) is 32.6 Å². The van der Waals surface area contributed by atoms with Crippen LogP contribution in [0.2, 0.25) is 0 Å². The van der Waals surface area contributed by atoms with Crippen LogP contribution < -0.4 is 4.74 Å². The van der Waals surface area contributed by atoms with E-state index in [9.17, 15) is 14.3 Å². The molecule has 31 heavy (non-hydrogen) atoms. The topological polar surface area (TPSA) is 67.6 Å². The number of halogens is 1. The van der Waals surface area contributed by atoms with Crippen LogP contribution in [0.15, 0.2) is 60.9 Å². The maximum absolute atomic E-state index is 13.2. The number of methoxy groups -OCH3 is 1. The predicted octanol–water partition coefficient (Wildman–Crippen LogP) is 4.09. The third-order valence-corrected chi connectivity index (χ3v) is 5.63. The molecule has 1 amide bonds. The van der Waals surface area contributed by atoms with Crippen molar-refractivity contribution in [3.05, 3.63) is 89.0 Å². The number of carbonyl (C=O) groups is 1. The van der Waals surface area contributed by atoms with E-state index < -0.39 is 0 Å². The molecule has 0 aliphatic carbocycles. The average molecular weight is 417 g/mol. The van der Waals surface area contributed by atoms with Gasteiger partial charge in [-0.2, -0.15) is 0 Å². The summed E-state index contributed by atoms with van der Waals surface area (Å²) in [7, 11) is 1.55. The van der Waals surface area contributed by atoms with Gasteiger partial charge in [0.1, 0.15) is 16.9 Å². The fourth-order valence-electron chi connectivity index (χ4n) is 4.17. The molecule has 0 unspecified atom stereocenters. The zero-order valence-corrected chi connectivity index (χ0v) is 16.9. The van der Waals surface area contributed by atoms with Gasteiger partial charge in [-0.25, -0.2) is 9.37 Å². The van der Waals surface area contributed by atoms with Crippen LogP contribution in [0.1, 0.15) is 27.0 Å². The number of aromatic nitrogens is 2. The van der Waals surface area contributed by atoms with Gasteiger partial charge >= 0.3 is 0 Å². The highest BCUT2D eigenvalue weighted by Crippen LogP contribution is 2.44. The number of amides is 1. The van der Waals surface area contributed by atoms with Crippen LogP contribution in [0.5, 0.6) is 11.5 Å². The van der Waals surface area contributed by atoms with Gasteiger partial charge in [-0.05, 0) is 23.3 Å². The van der Waals surface area contributed by atoms with E-state index in [-0.39, 0.29) is 29.6 Å². The van der Waals surface area contributed by atoms with Gasteiger partial charge in [0.2, 0.25) is 0 Å². The second-order valence-corrected chi connectivity index (χ2v) is 7.58. The van der Waals surface area contributed by atoms with Crippen molar-refractivity contribution in [2.45, 2.75) is 19.6 Å². The Balaban J connectivity index is 1.57. The van der Waals surface area contributed by atoms with Crippen molar-refractivity contribution in [3.63, 3.8) is 0 Å². The van der Waals surface area contributed by atoms with Crippen molar-refractivity contribution in [2.24, 2.45) is 0 Å². The fourth-order valence-corrected chi connectivity index (χ4v) is 4.17. The molecule has 6 nitrogen and oxygen atoms in total. The summed E-state index contributed by atoms with van der Waals surface area (Å²) in [5.41, 5.74) is 3.73. The van der Waals surface area contributed by atoms with Gasteiger partial charge in [-0.3, -0.25) is 4.79 Å². The summed E-state index contributed by atoms with van der Waals surface area (Å²) < 4.78 is 20.9. The Kier molecular flexibility index (Phi) is 4.58. The molecule has 3 aromatic carbocycles. The van der Waals surface area contributed by atoms with E-state index in [1.54, 1.807) is 30.5 Å². The largest absolute Gasteiger partial charge is 0.505 e. The van der Waals surface area contributed by atoms with Crippen molar-refractivity contribution < 1.29 is 19.0 Å². The van der Waals surface area contributed by atoms with E-state index in [4.69, 9.17) is 4.74 Å². The molecule has 0 fully saturated rings. The van der Waals surface area contributed by atoms with E-state index >= 15 is 0 Å². The zero-order chi connectivity index (χ0) is 21.5. The predicted molar refractivity (Wildman–Crippen MR) is 113 cm³/mol. The molecular weight excluding hydrogens is 397 g/mol. The van der Waals surface area contributed by atoms with Gasteiger partial charge in [0.05, 0.1) is 25.5 Å². The molecule has 0 saturated heterocycles. The third-order valence-electron chi connectivity index (χ3n) is 5.63. The fraction of sp³-hybridized carbons (Fsp3) is 0.167. The SMILES string of the molecule is COc1c2c(c(O)c3ncn(Cc4ccccc4)c13)C(=O)N(Cc1ccc(F)cc1)C2. The van der Waals surface area contributed by atoms with Gasteiger partial charge in [0.15, 0.2) is 11.5 Å². The number of ether oxygens (including phenoxy) is 1. The summed E-state index contributed by atoms with van der Waals surface area (Å²) in [5.74, 6) is -0.225. The molecule has 0 spiro atoms. The van der Waals surface area contributed by atoms with E-state index in [1.165, 1.54) is 12.1 Å². The van der Waals surface area contributed by atoms with Crippen molar-refractivity contribution in [2.75, 3.05) is 7.11 Å².